The van der Waals surface area contributed by atoms with Crippen molar-refractivity contribution in [2.24, 2.45) is 17.8 Å². The highest BCUT2D eigenvalue weighted by molar-refractivity contribution is 5.97. The Morgan fingerprint density at radius 1 is 1.12 bits per heavy atom. The minimum Gasteiger partial charge on any atom is -0.350 e. The van der Waals surface area contributed by atoms with Crippen molar-refractivity contribution in [2.75, 3.05) is 18.0 Å². The van der Waals surface area contributed by atoms with Gasteiger partial charge in [0.05, 0.1) is 17.6 Å². The van der Waals surface area contributed by atoms with E-state index in [1.54, 1.807) is 0 Å². The molecule has 1 amide bonds. The Labute approximate surface area is 235 Å². The molecular formula is C31H34F4N4O2. The Balaban J connectivity index is 1.45. The molecule has 41 heavy (non-hydrogen) atoms. The Kier molecular flexibility index (Phi) is 6.85. The van der Waals surface area contributed by atoms with Crippen LogP contribution in [0.2, 0.25) is 0 Å². The van der Waals surface area contributed by atoms with E-state index in [9.17, 15) is 22.8 Å². The molecule has 4 atom stereocenters. The average molecular weight is 571 g/mol. The number of carbonyl (C=O) groups is 1. The molecule has 2 saturated carbocycles. The number of carbonyl (C=O) groups excluding carboxylic acids is 1. The van der Waals surface area contributed by atoms with Crippen molar-refractivity contribution in [2.45, 2.75) is 70.3 Å². The smallest absolute Gasteiger partial charge is 0.266 e. The molecule has 3 fully saturated rings. The molecule has 0 spiro atoms. The third kappa shape index (κ3) is 5.21. The predicted molar refractivity (Wildman–Crippen MR) is 149 cm³/mol. The third-order valence-electron chi connectivity index (χ3n) is 9.20. The number of hydrogen-bond acceptors (Lipinski definition) is 4. The van der Waals surface area contributed by atoms with Crippen LogP contribution in [0.3, 0.4) is 0 Å². The summed E-state index contributed by atoms with van der Waals surface area (Å²) in [6.07, 6.45) is 6.73. The van der Waals surface area contributed by atoms with Gasteiger partial charge in [-0.3, -0.25) is 14.2 Å². The zero-order valence-corrected chi connectivity index (χ0v) is 23.2. The van der Waals surface area contributed by atoms with Gasteiger partial charge in [0.1, 0.15) is 23.0 Å². The number of alkyl halides is 2. The normalized spacial score (nSPS) is 27.3. The van der Waals surface area contributed by atoms with Crippen molar-refractivity contribution >= 4 is 22.8 Å². The van der Waals surface area contributed by atoms with Crippen LogP contribution >= 0.6 is 0 Å². The first-order valence-corrected chi connectivity index (χ1v) is 14.4. The van der Waals surface area contributed by atoms with Gasteiger partial charge in [-0.2, -0.15) is 0 Å². The standard InChI is InChI=1S/C31H34F4N4O2/c1-3-19-11-20-10-18(2)13-30(14-19,15-20)37-29(41)23-16-39(25-6-4-21(32)12-24(25)33)28-22(27(23)40)5-7-26(36-28)38-9-8-31(34,35)17-38/h4-7,12,16,18-20H,3,8-11,13-15,17H2,1-2H3,(H,37,41). The van der Waals surface area contributed by atoms with Gasteiger partial charge >= 0.3 is 0 Å². The molecule has 10 heteroatoms. The van der Waals surface area contributed by atoms with Gasteiger partial charge in [0.15, 0.2) is 5.65 Å². The lowest BCUT2D eigenvalue weighted by Crippen LogP contribution is -2.57. The molecule has 1 saturated heterocycles. The number of anilines is 1. The van der Waals surface area contributed by atoms with Gasteiger partial charge in [-0.1, -0.05) is 20.3 Å². The van der Waals surface area contributed by atoms with E-state index in [-0.39, 0.29) is 41.1 Å². The lowest BCUT2D eigenvalue weighted by atomic mass is 9.60. The molecule has 218 valence electrons. The monoisotopic (exact) mass is 570 g/mol. The number of nitrogens with zero attached hydrogens (tertiary/aromatic N) is 3. The van der Waals surface area contributed by atoms with Gasteiger partial charge < -0.3 is 10.2 Å². The first-order valence-electron chi connectivity index (χ1n) is 14.4. The van der Waals surface area contributed by atoms with Gasteiger partial charge in [-0.05, 0) is 74.1 Å². The summed E-state index contributed by atoms with van der Waals surface area (Å²) in [6.45, 7) is 3.90. The molecule has 2 aromatic heterocycles. The van der Waals surface area contributed by atoms with Gasteiger partial charge in [0.2, 0.25) is 5.43 Å². The number of amides is 1. The lowest BCUT2D eigenvalue weighted by molar-refractivity contribution is 0.0256. The van der Waals surface area contributed by atoms with Crippen LogP contribution in [0.25, 0.3) is 16.7 Å². The van der Waals surface area contributed by atoms with Gasteiger partial charge in [0.25, 0.3) is 11.8 Å². The quantitative estimate of drug-likeness (QED) is 0.369. The highest BCUT2D eigenvalue weighted by atomic mass is 19.3. The second-order valence-electron chi connectivity index (χ2n) is 12.5. The van der Waals surface area contributed by atoms with Crippen LogP contribution in [0, 0.1) is 29.4 Å². The minimum atomic E-state index is -2.87. The molecule has 1 aliphatic heterocycles. The minimum absolute atomic E-state index is 0.00185. The maximum atomic E-state index is 15.1. The largest absolute Gasteiger partial charge is 0.350 e. The van der Waals surface area contributed by atoms with E-state index in [2.05, 4.69) is 24.1 Å². The molecule has 2 bridgehead atoms. The first kappa shape index (κ1) is 27.7. The molecule has 3 aromatic rings. The van der Waals surface area contributed by atoms with E-state index in [1.165, 1.54) is 33.9 Å². The number of pyridine rings is 2. The second-order valence-corrected chi connectivity index (χ2v) is 12.5. The van der Waals surface area contributed by atoms with Crippen molar-refractivity contribution in [3.05, 3.63) is 63.9 Å². The Hall–Kier alpha value is -3.43. The molecule has 4 unspecified atom stereocenters. The number of benzene rings is 1. The van der Waals surface area contributed by atoms with Crippen LogP contribution < -0.4 is 15.6 Å². The van der Waals surface area contributed by atoms with Crippen LogP contribution in [-0.2, 0) is 0 Å². The van der Waals surface area contributed by atoms with Crippen LogP contribution in [0.1, 0.15) is 69.2 Å². The van der Waals surface area contributed by atoms with Crippen molar-refractivity contribution in [3.63, 3.8) is 0 Å². The van der Waals surface area contributed by atoms with Gasteiger partial charge in [-0.25, -0.2) is 22.5 Å². The van der Waals surface area contributed by atoms with E-state index in [0.717, 1.165) is 44.6 Å². The zero-order chi connectivity index (χ0) is 29.1. The van der Waals surface area contributed by atoms with Crippen LogP contribution in [0.15, 0.2) is 41.3 Å². The molecule has 3 aliphatic rings. The molecule has 6 nitrogen and oxygen atoms in total. The Bertz CT molecular complexity index is 1570. The van der Waals surface area contributed by atoms with Crippen molar-refractivity contribution in [1.82, 2.24) is 14.9 Å². The zero-order valence-electron chi connectivity index (χ0n) is 23.2. The molecule has 2 aliphatic carbocycles. The number of halogens is 4. The van der Waals surface area contributed by atoms with E-state index >= 15 is 4.39 Å². The summed E-state index contributed by atoms with van der Waals surface area (Å²) in [4.78, 5) is 33.5. The molecule has 1 aromatic carbocycles. The summed E-state index contributed by atoms with van der Waals surface area (Å²) in [7, 11) is 0. The molecular weight excluding hydrogens is 536 g/mol. The SMILES string of the molecule is CCC1CC2CC(C)CC(NC(=O)c3cn(-c4ccc(F)cc4F)c4nc(N5CCC(F)(F)C5)ccc4c3=O)(C1)C2. The van der Waals surface area contributed by atoms with E-state index < -0.39 is 41.0 Å². The van der Waals surface area contributed by atoms with Crippen molar-refractivity contribution < 1.29 is 22.4 Å². The fourth-order valence-corrected chi connectivity index (χ4v) is 7.59. The summed E-state index contributed by atoms with van der Waals surface area (Å²) in [5.74, 6) is -3.46. The van der Waals surface area contributed by atoms with Crippen molar-refractivity contribution in [1.29, 1.82) is 0 Å². The highest BCUT2D eigenvalue weighted by Crippen LogP contribution is 2.48. The molecule has 3 heterocycles. The molecule has 6 rings (SSSR count). The third-order valence-corrected chi connectivity index (χ3v) is 9.20. The fraction of sp³-hybridized carbons (Fsp3) is 0.516. The second kappa shape index (κ2) is 10.1. The van der Waals surface area contributed by atoms with E-state index in [1.807, 2.05) is 0 Å². The fourth-order valence-electron chi connectivity index (χ4n) is 7.59. The van der Waals surface area contributed by atoms with Crippen molar-refractivity contribution in [3.8, 4) is 5.69 Å². The van der Waals surface area contributed by atoms with Gasteiger partial charge in [0, 0.05) is 30.8 Å². The van der Waals surface area contributed by atoms with Gasteiger partial charge in [-0.15, -0.1) is 0 Å². The Morgan fingerprint density at radius 3 is 2.63 bits per heavy atom. The summed E-state index contributed by atoms with van der Waals surface area (Å²) in [5.41, 5.74) is -1.30. The van der Waals surface area contributed by atoms with E-state index in [0.29, 0.717) is 23.8 Å². The van der Waals surface area contributed by atoms with E-state index in [4.69, 9.17) is 0 Å². The van der Waals surface area contributed by atoms with Crippen LogP contribution in [-0.4, -0.2) is 40.0 Å². The number of aromatic nitrogens is 2. The van der Waals surface area contributed by atoms with Crippen LogP contribution in [0.4, 0.5) is 23.4 Å². The highest BCUT2D eigenvalue weighted by Gasteiger charge is 2.46. The predicted octanol–water partition coefficient (Wildman–Crippen LogP) is 6.23. The first-order chi connectivity index (χ1) is 19.5. The molecule has 1 N–H and O–H groups in total. The number of hydrogen-bond donors (Lipinski definition) is 1. The summed E-state index contributed by atoms with van der Waals surface area (Å²) >= 11 is 0. The average Bonchev–Trinajstić information content (AvgIpc) is 3.27. The summed E-state index contributed by atoms with van der Waals surface area (Å²) in [6, 6.07) is 5.89. The topological polar surface area (TPSA) is 67.2 Å². The summed E-state index contributed by atoms with van der Waals surface area (Å²) in [5, 5.41) is 3.27. The Morgan fingerprint density at radius 2 is 1.93 bits per heavy atom. The molecule has 0 radical (unpaired) electrons. The summed E-state index contributed by atoms with van der Waals surface area (Å²) < 4.78 is 58.0. The number of rotatable bonds is 5. The number of fused-ring (bicyclic) bond motifs is 3. The number of nitrogens with one attached hydrogen (secondary N) is 1. The lowest BCUT2D eigenvalue weighted by Gasteiger charge is -2.50. The maximum absolute atomic E-state index is 15.1. The van der Waals surface area contributed by atoms with Crippen LogP contribution in [0.5, 0.6) is 0 Å². The maximum Gasteiger partial charge on any atom is 0.266 e.